The molecule has 3 saturated heterocycles. The zero-order chi connectivity index (χ0) is 52.7. The largest absolute Gasteiger partial charge is 0.444 e. The molecule has 0 bridgehead atoms. The van der Waals surface area contributed by atoms with Gasteiger partial charge in [-0.15, -0.1) is 24.4 Å². The minimum Gasteiger partial charge on any atom is -0.444 e. The van der Waals surface area contributed by atoms with Gasteiger partial charge in [0, 0.05) is 87.4 Å². The van der Waals surface area contributed by atoms with Gasteiger partial charge in [0.1, 0.15) is 16.8 Å². The van der Waals surface area contributed by atoms with Crippen molar-refractivity contribution in [3.05, 3.63) is 94.0 Å². The Hall–Kier alpha value is -2.57. The van der Waals surface area contributed by atoms with Crippen molar-refractivity contribution in [2.24, 2.45) is 0 Å². The van der Waals surface area contributed by atoms with Crippen LogP contribution < -0.4 is 0 Å². The van der Waals surface area contributed by atoms with E-state index in [1.54, 1.807) is 9.80 Å². The van der Waals surface area contributed by atoms with Crippen LogP contribution in [0.1, 0.15) is 116 Å². The van der Waals surface area contributed by atoms with E-state index in [-0.39, 0.29) is 18.3 Å². The standard InChI is InChI=1S/C20H33NO2SSi.C15H20BrNO2.C15H21NO2S.C5H14SSi/c1-20(2,3)23-19(22)21-12-11-17(15-21)16-7-9-18(10-8-16)24-13-14-25(4,5)6;1-15(2,3)19-14(18)17-9-8-12(10-17)11-4-6-13(16)7-5-11;1-15(2,3)18-14(17)16-9-8-12(10-16)11-4-6-13(19)7-5-11;1-7(2,3)5-4-6/h7-10,17H,11-15H2,1-6H3;4-7,12H,8-10H2,1-3H3;4-7,12,19H,8-10H2,1-3H3;6H,4-5H2,1-3H3/t17-;2*12-;/m111./s1. The summed E-state index contributed by atoms with van der Waals surface area (Å²) in [7, 11) is -1.68. The highest BCUT2D eigenvalue weighted by Gasteiger charge is 2.33. The van der Waals surface area contributed by atoms with Crippen molar-refractivity contribution in [1.82, 2.24) is 14.7 Å². The second-order valence-corrected chi connectivity index (χ2v) is 38.4. The van der Waals surface area contributed by atoms with Gasteiger partial charge in [0.25, 0.3) is 0 Å². The van der Waals surface area contributed by atoms with Crippen LogP contribution in [-0.2, 0) is 14.2 Å². The Labute approximate surface area is 449 Å². The molecule has 3 amide bonds. The highest BCUT2D eigenvalue weighted by molar-refractivity contribution is 9.10. The van der Waals surface area contributed by atoms with Crippen LogP contribution in [-0.4, -0.2) is 117 Å². The fraction of sp³-hybridized carbons (Fsp3) is 0.618. The summed E-state index contributed by atoms with van der Waals surface area (Å²) in [4.78, 5) is 43.9. The van der Waals surface area contributed by atoms with Crippen LogP contribution in [0.2, 0.25) is 51.4 Å². The molecule has 9 nitrogen and oxygen atoms in total. The number of hydrogen-bond donors (Lipinski definition) is 2. The summed E-state index contributed by atoms with van der Waals surface area (Å²) >= 11 is 13.8. The van der Waals surface area contributed by atoms with E-state index < -0.39 is 33.0 Å². The molecule has 392 valence electrons. The topological polar surface area (TPSA) is 88.6 Å². The van der Waals surface area contributed by atoms with Gasteiger partial charge in [-0.05, 0) is 158 Å². The van der Waals surface area contributed by atoms with Crippen molar-refractivity contribution in [1.29, 1.82) is 0 Å². The van der Waals surface area contributed by atoms with Crippen LogP contribution in [0.3, 0.4) is 0 Å². The predicted molar refractivity (Wildman–Crippen MR) is 311 cm³/mol. The molecule has 3 aliphatic heterocycles. The highest BCUT2D eigenvalue weighted by atomic mass is 79.9. The minimum atomic E-state index is -0.949. The average molecular weight is 1120 g/mol. The number of halogens is 1. The first-order valence-electron chi connectivity index (χ1n) is 25.1. The van der Waals surface area contributed by atoms with Gasteiger partial charge >= 0.3 is 18.3 Å². The number of rotatable bonds is 9. The van der Waals surface area contributed by atoms with Gasteiger partial charge in [0.2, 0.25) is 0 Å². The lowest BCUT2D eigenvalue weighted by Gasteiger charge is -2.24. The maximum absolute atomic E-state index is 12.2. The zero-order valence-corrected chi connectivity index (χ0v) is 51.5. The van der Waals surface area contributed by atoms with Crippen molar-refractivity contribution < 1.29 is 28.6 Å². The summed E-state index contributed by atoms with van der Waals surface area (Å²) in [5, 5.41) is 0. The van der Waals surface area contributed by atoms with Crippen molar-refractivity contribution in [2.45, 2.75) is 177 Å². The second-order valence-electron chi connectivity index (χ2n) is 24.1. The number of benzene rings is 3. The lowest BCUT2D eigenvalue weighted by atomic mass is 9.99. The molecule has 3 aliphatic rings. The van der Waals surface area contributed by atoms with Gasteiger partial charge in [-0.1, -0.05) is 91.6 Å². The normalized spacial score (nSPS) is 18.4. The lowest BCUT2D eigenvalue weighted by Crippen LogP contribution is -2.35. The second kappa shape index (κ2) is 27.6. The van der Waals surface area contributed by atoms with Gasteiger partial charge < -0.3 is 28.9 Å². The molecule has 0 spiro atoms. The zero-order valence-electron chi connectivity index (χ0n) is 45.3. The van der Waals surface area contributed by atoms with E-state index in [1.165, 1.54) is 39.4 Å². The smallest absolute Gasteiger partial charge is 0.410 e. The highest BCUT2D eigenvalue weighted by Crippen LogP contribution is 2.32. The maximum Gasteiger partial charge on any atom is 0.410 e. The van der Waals surface area contributed by atoms with Crippen molar-refractivity contribution in [3.8, 4) is 0 Å². The number of carbonyl (C=O) groups is 3. The number of likely N-dealkylation sites (tertiary alicyclic amines) is 3. The number of ether oxygens (including phenoxy) is 3. The minimum absolute atomic E-state index is 0.187. The summed E-state index contributed by atoms with van der Waals surface area (Å²) in [6, 6.07) is 28.1. The number of hydrogen-bond acceptors (Lipinski definition) is 9. The van der Waals surface area contributed by atoms with Crippen molar-refractivity contribution in [3.63, 3.8) is 0 Å². The van der Waals surface area contributed by atoms with Crippen LogP contribution in [0.5, 0.6) is 0 Å². The Morgan fingerprint density at radius 1 is 0.557 bits per heavy atom. The molecule has 15 heteroatoms. The Bertz CT molecular complexity index is 1980. The first-order valence-corrected chi connectivity index (χ1v) is 35.4. The third kappa shape index (κ3) is 24.9. The Morgan fingerprint density at radius 2 is 0.871 bits per heavy atom. The number of carbonyl (C=O) groups excluding carboxylic acids is 3. The summed E-state index contributed by atoms with van der Waals surface area (Å²) in [6.45, 7) is 36.0. The summed E-state index contributed by atoms with van der Waals surface area (Å²) in [6.07, 6.45) is 2.41. The lowest BCUT2D eigenvalue weighted by molar-refractivity contribution is 0.0282. The molecule has 3 aromatic carbocycles. The van der Waals surface area contributed by atoms with E-state index in [2.05, 4.69) is 129 Å². The molecule has 0 aromatic heterocycles. The fourth-order valence-corrected chi connectivity index (χ4v) is 14.2. The van der Waals surface area contributed by atoms with Crippen LogP contribution in [0, 0.1) is 0 Å². The molecule has 6 rings (SSSR count). The van der Waals surface area contributed by atoms with Crippen LogP contribution >= 0.6 is 52.9 Å². The van der Waals surface area contributed by atoms with E-state index in [4.69, 9.17) is 14.2 Å². The first-order chi connectivity index (χ1) is 32.3. The van der Waals surface area contributed by atoms with E-state index in [0.717, 1.165) is 73.7 Å². The number of thioether (sulfide) groups is 1. The van der Waals surface area contributed by atoms with E-state index in [1.807, 2.05) is 103 Å². The molecular formula is C55H88BrN3O6S3Si2. The van der Waals surface area contributed by atoms with Gasteiger partial charge in [0.05, 0.1) is 0 Å². The molecule has 0 saturated carbocycles. The quantitative estimate of drug-likeness (QED) is 0.0955. The Morgan fingerprint density at radius 3 is 1.16 bits per heavy atom. The molecule has 3 fully saturated rings. The molecule has 0 N–H and O–H groups in total. The first kappa shape index (κ1) is 61.7. The molecule has 70 heavy (non-hydrogen) atoms. The molecule has 0 unspecified atom stereocenters. The monoisotopic (exact) mass is 1120 g/mol. The number of nitrogens with zero attached hydrogens (tertiary/aromatic N) is 3. The maximum atomic E-state index is 12.2. The van der Waals surface area contributed by atoms with Crippen molar-refractivity contribution >= 4 is 87.4 Å². The summed E-state index contributed by atoms with van der Waals surface area (Å²) < 4.78 is 17.4. The Kier molecular flexibility index (Phi) is 24.4. The Balaban J connectivity index is 0.000000262. The molecule has 3 heterocycles. The van der Waals surface area contributed by atoms with Crippen LogP contribution in [0.15, 0.2) is 87.1 Å². The molecule has 0 aliphatic carbocycles. The molecular weight excluding hydrogens is 1030 g/mol. The third-order valence-corrected chi connectivity index (χ3v) is 17.9. The van der Waals surface area contributed by atoms with Crippen LogP contribution in [0.4, 0.5) is 14.4 Å². The van der Waals surface area contributed by atoms with Gasteiger partial charge in [0.15, 0.2) is 0 Å². The number of amides is 3. The number of thiol groups is 2. The van der Waals surface area contributed by atoms with Crippen molar-refractivity contribution in [2.75, 3.05) is 50.8 Å². The third-order valence-electron chi connectivity index (χ3n) is 11.6. The van der Waals surface area contributed by atoms with Crippen LogP contribution in [0.25, 0.3) is 0 Å². The summed E-state index contributed by atoms with van der Waals surface area (Å²) in [5.74, 6) is 3.52. The van der Waals surface area contributed by atoms with E-state index in [9.17, 15) is 14.4 Å². The van der Waals surface area contributed by atoms with Gasteiger partial charge in [-0.3, -0.25) is 0 Å². The van der Waals surface area contributed by atoms with E-state index >= 15 is 0 Å². The molecule has 3 aromatic rings. The molecule has 3 atom stereocenters. The fourth-order valence-electron chi connectivity index (χ4n) is 7.70. The SMILES string of the molecule is CC(C)(C)OC(=O)N1CC[C@@H](c2ccc(Br)cc2)C1.CC(C)(C)OC(=O)N1CC[C@@H](c2ccc(S)cc2)C1.CC(C)(C)OC(=O)N1CC[C@@H](c2ccc(SCC[Si](C)(C)C)cc2)C1.C[Si](C)(C)CCS. The van der Waals surface area contributed by atoms with E-state index in [0.29, 0.717) is 17.8 Å². The van der Waals surface area contributed by atoms with Gasteiger partial charge in [-0.2, -0.15) is 12.6 Å². The average Bonchev–Trinajstić information content (AvgIpc) is 4.03. The van der Waals surface area contributed by atoms with Gasteiger partial charge in [-0.25, -0.2) is 14.4 Å². The molecule has 0 radical (unpaired) electrons. The summed E-state index contributed by atoms with van der Waals surface area (Å²) in [5.41, 5.74) is 2.61. The predicted octanol–water partition coefficient (Wildman–Crippen LogP) is 16.0.